The van der Waals surface area contributed by atoms with Gasteiger partial charge in [-0.2, -0.15) is 22.0 Å². The molecule has 172 valence electrons. The molecule has 31 heavy (non-hydrogen) atoms. The second-order valence-corrected chi connectivity index (χ2v) is 6.67. The van der Waals surface area contributed by atoms with Crippen LogP contribution in [0.3, 0.4) is 0 Å². The molecular formula is C17H18F7N5O2. The molecular weight excluding hydrogens is 439 g/mol. The number of rotatable bonds is 8. The molecule has 0 amide bonds. The maximum absolute atomic E-state index is 13.6. The van der Waals surface area contributed by atoms with Gasteiger partial charge in [0.2, 0.25) is 5.78 Å². The molecule has 2 aromatic rings. The third kappa shape index (κ3) is 4.73. The fraction of sp³-hybridized carbons (Fsp3) is 0.471. The lowest BCUT2D eigenvalue weighted by atomic mass is 10.1. The minimum Gasteiger partial charge on any atom is -0.395 e. The summed E-state index contributed by atoms with van der Waals surface area (Å²) in [5.74, 6) is -9.38. The van der Waals surface area contributed by atoms with Crippen LogP contribution >= 0.6 is 0 Å². The Balaban J connectivity index is 2.67. The molecule has 0 aliphatic heterocycles. The number of hydrogen-bond donors (Lipinski definition) is 3. The second-order valence-electron chi connectivity index (χ2n) is 6.67. The van der Waals surface area contributed by atoms with E-state index in [9.17, 15) is 35.5 Å². The fourth-order valence-electron chi connectivity index (χ4n) is 2.72. The van der Waals surface area contributed by atoms with E-state index in [2.05, 4.69) is 4.98 Å². The molecule has 0 fully saturated rings. The van der Waals surface area contributed by atoms with Crippen molar-refractivity contribution in [3.05, 3.63) is 39.7 Å². The Morgan fingerprint density at radius 2 is 1.87 bits per heavy atom. The van der Waals surface area contributed by atoms with Gasteiger partial charge in [0.25, 0.3) is 5.56 Å². The number of nitrogens with zero attached hydrogens (tertiary/aromatic N) is 3. The summed E-state index contributed by atoms with van der Waals surface area (Å²) < 4.78 is 95.4. The summed E-state index contributed by atoms with van der Waals surface area (Å²) in [4.78, 5) is 16.3. The van der Waals surface area contributed by atoms with E-state index in [4.69, 9.17) is 10.5 Å². The van der Waals surface area contributed by atoms with Crippen LogP contribution in [0.4, 0.5) is 30.7 Å². The Morgan fingerprint density at radius 1 is 1.26 bits per heavy atom. The Morgan fingerprint density at radius 3 is 2.35 bits per heavy atom. The molecule has 2 heterocycles. The van der Waals surface area contributed by atoms with Crippen LogP contribution in [-0.2, 0) is 12.7 Å². The first-order valence-corrected chi connectivity index (χ1v) is 8.66. The lowest BCUT2D eigenvalue weighted by molar-refractivity contribution is -0.193. The first kappa shape index (κ1) is 24.4. The topological polar surface area (TPSA) is 95.4 Å². The molecule has 7 nitrogen and oxygen atoms in total. The maximum Gasteiger partial charge on any atom is 0.434 e. The predicted molar refractivity (Wildman–Crippen MR) is 96.6 cm³/mol. The van der Waals surface area contributed by atoms with E-state index < -0.39 is 59.3 Å². The molecule has 0 aromatic carbocycles. The smallest absolute Gasteiger partial charge is 0.395 e. The molecule has 2 rings (SSSR count). The Hall–Kier alpha value is -2.90. The largest absolute Gasteiger partial charge is 0.434 e. The molecule has 2 aromatic heterocycles. The number of nitrogens with one attached hydrogen (secondary N) is 2. The van der Waals surface area contributed by atoms with Gasteiger partial charge in [0.1, 0.15) is 0 Å². The lowest BCUT2D eigenvalue weighted by Gasteiger charge is -2.23. The quantitative estimate of drug-likeness (QED) is 0.420. The van der Waals surface area contributed by atoms with Crippen molar-refractivity contribution in [2.75, 3.05) is 13.2 Å². The monoisotopic (exact) mass is 457 g/mol. The molecule has 0 atom stereocenters. The summed E-state index contributed by atoms with van der Waals surface area (Å²) in [5, 5.41) is 18.2. The zero-order valence-corrected chi connectivity index (χ0v) is 16.2. The zero-order valence-electron chi connectivity index (χ0n) is 16.2. The number of aliphatic hydroxyl groups excluding tert-OH is 1. The van der Waals surface area contributed by atoms with Crippen molar-refractivity contribution in [3.8, 4) is 0 Å². The van der Waals surface area contributed by atoms with Gasteiger partial charge in [0, 0.05) is 43.3 Å². The third-order valence-electron chi connectivity index (χ3n) is 4.34. The van der Waals surface area contributed by atoms with Crippen molar-refractivity contribution in [2.24, 2.45) is 0 Å². The summed E-state index contributed by atoms with van der Waals surface area (Å²) in [7, 11) is 0. The van der Waals surface area contributed by atoms with Gasteiger partial charge in [-0.25, -0.2) is 13.8 Å². The van der Waals surface area contributed by atoms with Crippen molar-refractivity contribution >= 4 is 17.6 Å². The normalized spacial score (nSPS) is 13.7. The van der Waals surface area contributed by atoms with E-state index in [0.717, 1.165) is 15.2 Å². The van der Waals surface area contributed by atoms with Crippen LogP contribution in [0, 0.1) is 12.3 Å². The Bertz CT molecular complexity index is 1060. The third-order valence-corrected chi connectivity index (χ3v) is 4.34. The highest BCUT2D eigenvalue weighted by Crippen LogP contribution is 2.34. The van der Waals surface area contributed by atoms with E-state index in [1.54, 1.807) is 5.32 Å². The number of hydrogen-bond acceptors (Lipinski definition) is 5. The van der Waals surface area contributed by atoms with E-state index >= 15 is 0 Å². The minimum absolute atomic E-state index is 0.0265. The highest BCUT2D eigenvalue weighted by molar-refractivity contribution is 6.08. The van der Waals surface area contributed by atoms with Crippen molar-refractivity contribution < 1.29 is 35.8 Å². The van der Waals surface area contributed by atoms with Crippen LogP contribution in [0.2, 0.25) is 0 Å². The van der Waals surface area contributed by atoms with Gasteiger partial charge in [-0.15, -0.1) is 0 Å². The van der Waals surface area contributed by atoms with E-state index in [1.807, 2.05) is 0 Å². The summed E-state index contributed by atoms with van der Waals surface area (Å²) in [5.41, 5.74) is -4.57. The van der Waals surface area contributed by atoms with Crippen molar-refractivity contribution in [2.45, 2.75) is 38.4 Å². The number of aliphatic hydroxyl groups is 1. The number of allylic oxidation sites excluding steroid dienone is 1. The van der Waals surface area contributed by atoms with Crippen LogP contribution in [0.5, 0.6) is 0 Å². The van der Waals surface area contributed by atoms with Gasteiger partial charge in [-0.1, -0.05) is 0 Å². The number of halogens is 7. The minimum atomic E-state index is -5.17. The number of fused-ring (bicyclic) bond motifs is 1. The van der Waals surface area contributed by atoms with Crippen LogP contribution in [0.25, 0.3) is 11.4 Å². The molecule has 14 heteroatoms. The average Bonchev–Trinajstić information content (AvgIpc) is 2.94. The molecule has 0 spiro atoms. The average molecular weight is 457 g/mol. The summed E-state index contributed by atoms with van der Waals surface area (Å²) >= 11 is 0. The van der Waals surface area contributed by atoms with Gasteiger partial charge in [0.05, 0.1) is 18.7 Å². The van der Waals surface area contributed by atoms with Gasteiger partial charge >= 0.3 is 18.0 Å². The SMILES string of the molecule is Cc1cn2c(=O)c(/C(C=N)=C/NCC(F)(F)C(C)(F)F)c(C(F)(F)F)nc2n1CCO. The number of aryl methyl sites for hydroxylation is 1. The van der Waals surface area contributed by atoms with Gasteiger partial charge in [-0.05, 0) is 6.92 Å². The van der Waals surface area contributed by atoms with Crippen molar-refractivity contribution in [3.63, 3.8) is 0 Å². The molecule has 0 unspecified atom stereocenters. The highest BCUT2D eigenvalue weighted by Gasteiger charge is 2.51. The van der Waals surface area contributed by atoms with E-state index in [-0.39, 0.29) is 19.7 Å². The Labute approximate surface area is 170 Å². The standard InChI is InChI=1S/C17H18F7N5O2/c1-9-7-29-13(31)11(10(5-25)6-26-8-16(20,21)15(2,18)19)12(17(22,23)24)27-14(29)28(9)3-4-30/h5-7,25-26,30H,3-4,8H2,1-2H3/b10-6+,25-5?. The molecule has 0 saturated heterocycles. The lowest BCUT2D eigenvalue weighted by Crippen LogP contribution is -2.45. The van der Waals surface area contributed by atoms with Crippen LogP contribution in [-0.4, -0.2) is 50.3 Å². The first-order chi connectivity index (χ1) is 14.2. The number of aromatic nitrogens is 3. The summed E-state index contributed by atoms with van der Waals surface area (Å²) in [6, 6.07) is 0. The van der Waals surface area contributed by atoms with Gasteiger partial charge in [-0.3, -0.25) is 9.20 Å². The van der Waals surface area contributed by atoms with Crippen LogP contribution in [0.1, 0.15) is 23.9 Å². The maximum atomic E-state index is 13.6. The van der Waals surface area contributed by atoms with Crippen molar-refractivity contribution in [1.29, 1.82) is 5.41 Å². The zero-order chi connectivity index (χ0) is 23.8. The summed E-state index contributed by atoms with van der Waals surface area (Å²) in [6.45, 7) is -0.825. The van der Waals surface area contributed by atoms with Gasteiger partial charge in [0.15, 0.2) is 5.69 Å². The fourth-order valence-corrected chi connectivity index (χ4v) is 2.72. The predicted octanol–water partition coefficient (Wildman–Crippen LogP) is 2.69. The molecule has 3 N–H and O–H groups in total. The molecule has 0 aliphatic rings. The molecule has 0 bridgehead atoms. The van der Waals surface area contributed by atoms with E-state index in [1.165, 1.54) is 6.92 Å². The number of alkyl halides is 7. The molecule has 0 saturated carbocycles. The first-order valence-electron chi connectivity index (χ1n) is 8.66. The van der Waals surface area contributed by atoms with Crippen LogP contribution < -0.4 is 10.9 Å². The molecule has 0 radical (unpaired) electrons. The van der Waals surface area contributed by atoms with E-state index in [0.29, 0.717) is 11.9 Å². The summed E-state index contributed by atoms with van der Waals surface area (Å²) in [6.07, 6.45) is -3.28. The molecule has 0 aliphatic carbocycles. The number of imidazole rings is 1. The second kappa shape index (κ2) is 8.32. The Kier molecular flexibility index (Phi) is 6.54. The van der Waals surface area contributed by atoms with Crippen LogP contribution in [0.15, 0.2) is 17.2 Å². The van der Waals surface area contributed by atoms with Gasteiger partial charge < -0.3 is 20.4 Å². The highest BCUT2D eigenvalue weighted by atomic mass is 19.4. The van der Waals surface area contributed by atoms with Crippen molar-refractivity contribution in [1.82, 2.24) is 19.3 Å².